The SMILES string of the molecule is COCc1cccc(C(=O)N2CCO[C@@H](c3cc(C)nc(C)n3)C2)c1. The van der Waals surface area contributed by atoms with E-state index in [9.17, 15) is 4.79 Å². The summed E-state index contributed by atoms with van der Waals surface area (Å²) in [7, 11) is 1.65. The average Bonchev–Trinajstić information content (AvgIpc) is 2.61. The van der Waals surface area contributed by atoms with Crippen molar-refractivity contribution in [3.8, 4) is 0 Å². The zero-order valence-electron chi connectivity index (χ0n) is 14.9. The van der Waals surface area contributed by atoms with E-state index in [1.165, 1.54) is 0 Å². The van der Waals surface area contributed by atoms with E-state index in [0.29, 0.717) is 37.7 Å². The molecule has 0 aliphatic carbocycles. The molecule has 6 heteroatoms. The molecule has 1 atom stereocenters. The van der Waals surface area contributed by atoms with Crippen LogP contribution in [0.4, 0.5) is 0 Å². The quantitative estimate of drug-likeness (QED) is 0.855. The van der Waals surface area contributed by atoms with Gasteiger partial charge in [-0.25, -0.2) is 9.97 Å². The number of benzene rings is 1. The molecule has 2 aromatic rings. The molecule has 0 spiro atoms. The zero-order valence-corrected chi connectivity index (χ0v) is 14.9. The van der Waals surface area contributed by atoms with Crippen molar-refractivity contribution in [1.29, 1.82) is 0 Å². The number of nitrogens with zero attached hydrogens (tertiary/aromatic N) is 3. The Balaban J connectivity index is 1.76. The average molecular weight is 341 g/mol. The van der Waals surface area contributed by atoms with E-state index in [2.05, 4.69) is 9.97 Å². The van der Waals surface area contributed by atoms with E-state index in [4.69, 9.17) is 9.47 Å². The summed E-state index contributed by atoms with van der Waals surface area (Å²) in [5.74, 6) is 0.725. The van der Waals surface area contributed by atoms with Crippen LogP contribution < -0.4 is 0 Å². The maximum atomic E-state index is 12.9. The molecular weight excluding hydrogens is 318 g/mol. The van der Waals surface area contributed by atoms with E-state index in [1.807, 2.05) is 49.1 Å². The number of carbonyl (C=O) groups excluding carboxylic acids is 1. The molecule has 1 aromatic carbocycles. The highest BCUT2D eigenvalue weighted by atomic mass is 16.5. The number of hydrogen-bond donors (Lipinski definition) is 0. The Bertz CT molecular complexity index is 743. The van der Waals surface area contributed by atoms with Crippen molar-refractivity contribution in [2.75, 3.05) is 26.8 Å². The molecule has 1 saturated heterocycles. The highest BCUT2D eigenvalue weighted by molar-refractivity contribution is 5.94. The predicted octanol–water partition coefficient (Wildman–Crippen LogP) is 2.45. The van der Waals surface area contributed by atoms with Gasteiger partial charge in [0.25, 0.3) is 5.91 Å². The van der Waals surface area contributed by atoms with Gasteiger partial charge in [-0.3, -0.25) is 4.79 Å². The molecule has 0 unspecified atom stereocenters. The van der Waals surface area contributed by atoms with Crippen molar-refractivity contribution in [3.63, 3.8) is 0 Å². The van der Waals surface area contributed by atoms with Gasteiger partial charge in [0.05, 0.1) is 25.5 Å². The maximum Gasteiger partial charge on any atom is 0.254 e. The molecule has 2 heterocycles. The minimum atomic E-state index is -0.222. The summed E-state index contributed by atoms with van der Waals surface area (Å²) in [6, 6.07) is 9.48. The fourth-order valence-corrected chi connectivity index (χ4v) is 3.07. The summed E-state index contributed by atoms with van der Waals surface area (Å²) < 4.78 is 11.0. The number of morpholine rings is 1. The first-order valence-electron chi connectivity index (χ1n) is 8.38. The van der Waals surface area contributed by atoms with Gasteiger partial charge in [-0.05, 0) is 37.6 Å². The largest absolute Gasteiger partial charge is 0.380 e. The zero-order chi connectivity index (χ0) is 17.8. The van der Waals surface area contributed by atoms with Crippen LogP contribution in [0, 0.1) is 13.8 Å². The van der Waals surface area contributed by atoms with Gasteiger partial charge in [0.1, 0.15) is 11.9 Å². The van der Waals surface area contributed by atoms with Crippen molar-refractivity contribution >= 4 is 5.91 Å². The van der Waals surface area contributed by atoms with Crippen molar-refractivity contribution in [2.45, 2.75) is 26.6 Å². The fraction of sp³-hybridized carbons (Fsp3) is 0.421. The van der Waals surface area contributed by atoms with Crippen LogP contribution in [0.5, 0.6) is 0 Å². The van der Waals surface area contributed by atoms with E-state index in [0.717, 1.165) is 17.0 Å². The molecule has 6 nitrogen and oxygen atoms in total. The maximum absolute atomic E-state index is 12.9. The monoisotopic (exact) mass is 341 g/mol. The van der Waals surface area contributed by atoms with Crippen LogP contribution >= 0.6 is 0 Å². The lowest BCUT2D eigenvalue weighted by Crippen LogP contribution is -2.42. The van der Waals surface area contributed by atoms with Crippen LogP contribution in [0.15, 0.2) is 30.3 Å². The second-order valence-electron chi connectivity index (χ2n) is 6.23. The number of methoxy groups -OCH3 is 1. The third kappa shape index (κ3) is 4.21. The summed E-state index contributed by atoms with van der Waals surface area (Å²) in [6.45, 7) is 5.85. The molecule has 0 saturated carbocycles. The van der Waals surface area contributed by atoms with Gasteiger partial charge in [-0.2, -0.15) is 0 Å². The van der Waals surface area contributed by atoms with Crippen molar-refractivity contribution in [1.82, 2.24) is 14.9 Å². The summed E-state index contributed by atoms with van der Waals surface area (Å²) in [4.78, 5) is 23.5. The van der Waals surface area contributed by atoms with Gasteiger partial charge >= 0.3 is 0 Å². The van der Waals surface area contributed by atoms with Gasteiger partial charge in [-0.15, -0.1) is 0 Å². The van der Waals surface area contributed by atoms with Gasteiger partial charge in [0.2, 0.25) is 0 Å². The summed E-state index contributed by atoms with van der Waals surface area (Å²) >= 11 is 0. The van der Waals surface area contributed by atoms with Gasteiger partial charge < -0.3 is 14.4 Å². The van der Waals surface area contributed by atoms with Crippen molar-refractivity contribution in [2.24, 2.45) is 0 Å². The molecule has 0 bridgehead atoms. The van der Waals surface area contributed by atoms with E-state index in [1.54, 1.807) is 7.11 Å². The fourth-order valence-electron chi connectivity index (χ4n) is 3.07. The third-order valence-corrected chi connectivity index (χ3v) is 4.15. The Morgan fingerprint density at radius 2 is 2.16 bits per heavy atom. The number of ether oxygens (including phenoxy) is 2. The molecule has 3 rings (SSSR count). The smallest absolute Gasteiger partial charge is 0.254 e. The lowest BCUT2D eigenvalue weighted by atomic mass is 10.1. The second-order valence-corrected chi connectivity index (χ2v) is 6.23. The van der Waals surface area contributed by atoms with E-state index in [-0.39, 0.29) is 12.0 Å². The van der Waals surface area contributed by atoms with Crippen molar-refractivity contribution in [3.05, 3.63) is 58.7 Å². The highest BCUT2D eigenvalue weighted by Crippen LogP contribution is 2.22. The van der Waals surface area contributed by atoms with Crippen LogP contribution in [0.1, 0.15) is 39.2 Å². The summed E-state index contributed by atoms with van der Waals surface area (Å²) in [6.07, 6.45) is -0.222. The minimum Gasteiger partial charge on any atom is -0.380 e. The van der Waals surface area contributed by atoms with E-state index >= 15 is 0 Å². The number of carbonyl (C=O) groups is 1. The predicted molar refractivity (Wildman–Crippen MR) is 93.3 cm³/mol. The normalized spacial score (nSPS) is 17.6. The van der Waals surface area contributed by atoms with Gasteiger partial charge in [0.15, 0.2) is 0 Å². The number of amides is 1. The van der Waals surface area contributed by atoms with Crippen LogP contribution in [0.2, 0.25) is 0 Å². The number of aryl methyl sites for hydroxylation is 2. The minimum absolute atomic E-state index is 0.00810. The second kappa shape index (κ2) is 7.72. The topological polar surface area (TPSA) is 64.5 Å². The lowest BCUT2D eigenvalue weighted by Gasteiger charge is -2.33. The molecule has 1 aliphatic rings. The standard InChI is InChI=1S/C19H23N3O3/c1-13-9-17(21-14(2)20-13)18-11-22(7-8-25-18)19(23)16-6-4-5-15(10-16)12-24-3/h4-6,9-10,18H,7-8,11-12H2,1-3H3/t18-/m1/s1. The van der Waals surface area contributed by atoms with E-state index < -0.39 is 0 Å². The molecule has 1 aliphatic heterocycles. The highest BCUT2D eigenvalue weighted by Gasteiger charge is 2.27. The van der Waals surface area contributed by atoms with Crippen LogP contribution in [0.3, 0.4) is 0 Å². The Kier molecular flexibility index (Phi) is 5.40. The summed E-state index contributed by atoms with van der Waals surface area (Å²) in [5.41, 5.74) is 3.39. The number of rotatable bonds is 4. The van der Waals surface area contributed by atoms with Crippen LogP contribution in [-0.4, -0.2) is 47.6 Å². The van der Waals surface area contributed by atoms with Crippen molar-refractivity contribution < 1.29 is 14.3 Å². The van der Waals surface area contributed by atoms with Crippen LogP contribution in [0.25, 0.3) is 0 Å². The summed E-state index contributed by atoms with van der Waals surface area (Å²) in [5, 5.41) is 0. The first kappa shape index (κ1) is 17.5. The Morgan fingerprint density at radius 3 is 2.92 bits per heavy atom. The molecular formula is C19H23N3O3. The molecule has 1 fully saturated rings. The molecule has 25 heavy (non-hydrogen) atoms. The number of hydrogen-bond acceptors (Lipinski definition) is 5. The molecule has 1 amide bonds. The molecule has 1 aromatic heterocycles. The molecule has 0 radical (unpaired) electrons. The van der Waals surface area contributed by atoms with Crippen LogP contribution in [-0.2, 0) is 16.1 Å². The van der Waals surface area contributed by atoms with Gasteiger partial charge in [-0.1, -0.05) is 12.1 Å². The number of aromatic nitrogens is 2. The third-order valence-electron chi connectivity index (χ3n) is 4.15. The lowest BCUT2D eigenvalue weighted by molar-refractivity contribution is -0.0248. The first-order chi connectivity index (χ1) is 12.1. The Morgan fingerprint density at radius 1 is 1.32 bits per heavy atom. The Hall–Kier alpha value is -2.31. The first-order valence-corrected chi connectivity index (χ1v) is 8.38. The van der Waals surface area contributed by atoms with Gasteiger partial charge in [0, 0.05) is 24.9 Å². The molecule has 132 valence electrons. The Labute approximate surface area is 147 Å². The molecule has 0 N–H and O–H groups in total.